The van der Waals surface area contributed by atoms with Gasteiger partial charge in [-0.15, -0.1) is 0 Å². The molecule has 1 aliphatic heterocycles. The number of sulfonamides is 1. The van der Waals surface area contributed by atoms with Gasteiger partial charge >= 0.3 is 13.6 Å². The highest BCUT2D eigenvalue weighted by molar-refractivity contribution is 7.93. The molecule has 4 rings (SSSR count). The van der Waals surface area contributed by atoms with Gasteiger partial charge in [0.15, 0.2) is 0 Å². The molecule has 0 fully saturated rings. The third-order valence-electron chi connectivity index (χ3n) is 5.25. The number of para-hydroxylation sites is 1. The predicted octanol–water partition coefficient (Wildman–Crippen LogP) is 4.92. The maximum atomic E-state index is 13.4. The van der Waals surface area contributed by atoms with E-state index in [0.717, 1.165) is 12.1 Å². The molecule has 13 heteroatoms. The van der Waals surface area contributed by atoms with Crippen LogP contribution in [0.2, 0.25) is 10.0 Å². The molecular formula is C22H20Cl2N3O6PS. The van der Waals surface area contributed by atoms with Crippen molar-refractivity contribution in [2.45, 2.75) is 11.3 Å². The van der Waals surface area contributed by atoms with Crippen LogP contribution in [0.4, 0.5) is 21.9 Å². The number of rotatable bonds is 6. The van der Waals surface area contributed by atoms with Crippen LogP contribution in [-0.4, -0.2) is 37.1 Å². The van der Waals surface area contributed by atoms with Crippen molar-refractivity contribution in [3.8, 4) is 0 Å². The summed E-state index contributed by atoms with van der Waals surface area (Å²) in [5.41, 5.74) is 1.89. The van der Waals surface area contributed by atoms with Crippen molar-refractivity contribution in [2.24, 2.45) is 0 Å². The number of urea groups is 1. The first-order valence-electron chi connectivity index (χ1n) is 10.2. The molecule has 0 bridgehead atoms. The van der Waals surface area contributed by atoms with Gasteiger partial charge in [0.1, 0.15) is 6.29 Å². The fourth-order valence-corrected chi connectivity index (χ4v) is 7.15. The Morgan fingerprint density at radius 2 is 1.69 bits per heavy atom. The Morgan fingerprint density at radius 1 is 1.03 bits per heavy atom. The second kappa shape index (κ2) is 9.81. The minimum atomic E-state index is -4.81. The number of anilines is 3. The highest BCUT2D eigenvalue weighted by atomic mass is 35.5. The van der Waals surface area contributed by atoms with Crippen molar-refractivity contribution in [2.75, 3.05) is 27.4 Å². The molecule has 3 N–H and O–H groups in total. The van der Waals surface area contributed by atoms with Crippen LogP contribution in [-0.2, 0) is 21.0 Å². The van der Waals surface area contributed by atoms with Crippen molar-refractivity contribution in [3.63, 3.8) is 0 Å². The fraction of sp³-hybridized carbons (Fsp3) is 0.136. The summed E-state index contributed by atoms with van der Waals surface area (Å²) in [6.45, 7) is 0.354. The number of carbonyl (C=O) groups is 1. The fourth-order valence-electron chi connectivity index (χ4n) is 3.74. The van der Waals surface area contributed by atoms with E-state index in [1.165, 1.54) is 23.1 Å². The molecule has 0 unspecified atom stereocenters. The molecule has 0 atom stereocenters. The summed E-state index contributed by atoms with van der Waals surface area (Å²) in [4.78, 5) is 33.2. The van der Waals surface area contributed by atoms with E-state index in [0.29, 0.717) is 34.2 Å². The summed E-state index contributed by atoms with van der Waals surface area (Å²) in [5, 5.41) is 2.92. The molecule has 9 nitrogen and oxygen atoms in total. The summed E-state index contributed by atoms with van der Waals surface area (Å²) in [5.74, 6) is 0. The number of amides is 2. The van der Waals surface area contributed by atoms with Crippen LogP contribution in [0, 0.1) is 0 Å². The third kappa shape index (κ3) is 5.81. The highest BCUT2D eigenvalue weighted by Gasteiger charge is 2.33. The lowest BCUT2D eigenvalue weighted by atomic mass is 10.1. The van der Waals surface area contributed by atoms with Crippen LogP contribution >= 0.6 is 30.8 Å². The van der Waals surface area contributed by atoms with E-state index in [1.807, 2.05) is 6.07 Å². The normalized spacial score (nSPS) is 13.4. The topological polar surface area (TPSA) is 127 Å². The quantitative estimate of drug-likeness (QED) is 0.370. The summed E-state index contributed by atoms with van der Waals surface area (Å²) >= 11 is 11.9. The monoisotopic (exact) mass is 555 g/mol. The molecule has 3 aromatic rings. The smallest absolute Gasteiger partial charge is 0.323 e. The summed E-state index contributed by atoms with van der Waals surface area (Å²) < 4.78 is 39.2. The summed E-state index contributed by atoms with van der Waals surface area (Å²) in [6, 6.07) is 16.7. The van der Waals surface area contributed by atoms with Crippen molar-refractivity contribution in [1.82, 2.24) is 0 Å². The minimum Gasteiger partial charge on any atom is -0.323 e. The van der Waals surface area contributed by atoms with Crippen LogP contribution in [0.1, 0.15) is 5.56 Å². The van der Waals surface area contributed by atoms with Crippen LogP contribution in [0.15, 0.2) is 71.6 Å². The summed E-state index contributed by atoms with van der Waals surface area (Å²) in [6.07, 6.45) is -0.658. The average molecular weight is 556 g/mol. The van der Waals surface area contributed by atoms with Crippen LogP contribution in [0.25, 0.3) is 0 Å². The average Bonchev–Trinajstić information content (AvgIpc) is 3.20. The first-order chi connectivity index (χ1) is 16.4. The molecular weight excluding hydrogens is 536 g/mol. The Morgan fingerprint density at radius 3 is 2.31 bits per heavy atom. The SMILES string of the molecule is O=C(Nc1ccccc1)N1CCc2cc(N(CP(=O)(O)O)S(=O)(=O)c3cc(Cl)cc(Cl)c3)ccc21. The first-order valence-corrected chi connectivity index (χ1v) is 14.2. The van der Waals surface area contributed by atoms with E-state index in [4.69, 9.17) is 23.2 Å². The Bertz CT molecular complexity index is 1410. The van der Waals surface area contributed by atoms with Crippen LogP contribution < -0.4 is 14.5 Å². The van der Waals surface area contributed by atoms with E-state index in [1.54, 1.807) is 30.3 Å². The zero-order chi connectivity index (χ0) is 25.4. The molecule has 184 valence electrons. The molecule has 0 saturated carbocycles. The van der Waals surface area contributed by atoms with Gasteiger partial charge in [-0.3, -0.25) is 13.8 Å². The molecule has 0 saturated heterocycles. The lowest BCUT2D eigenvalue weighted by Gasteiger charge is -2.26. The Kier molecular flexibility index (Phi) is 7.15. The van der Waals surface area contributed by atoms with Gasteiger partial charge in [-0.25, -0.2) is 13.2 Å². The largest absolute Gasteiger partial charge is 0.345 e. The van der Waals surface area contributed by atoms with Gasteiger partial charge in [-0.05, 0) is 60.5 Å². The lowest BCUT2D eigenvalue weighted by molar-refractivity contribution is 0.257. The minimum absolute atomic E-state index is 0.0356. The van der Waals surface area contributed by atoms with Gasteiger partial charge in [0, 0.05) is 28.0 Å². The van der Waals surface area contributed by atoms with Gasteiger partial charge in [0.2, 0.25) is 0 Å². The van der Waals surface area contributed by atoms with E-state index in [-0.39, 0.29) is 26.7 Å². The molecule has 35 heavy (non-hydrogen) atoms. The van der Waals surface area contributed by atoms with Crippen molar-refractivity contribution in [1.29, 1.82) is 0 Å². The van der Waals surface area contributed by atoms with Crippen LogP contribution in [0.3, 0.4) is 0 Å². The number of benzene rings is 3. The highest BCUT2D eigenvalue weighted by Crippen LogP contribution is 2.41. The van der Waals surface area contributed by atoms with E-state index >= 15 is 0 Å². The van der Waals surface area contributed by atoms with E-state index < -0.39 is 23.9 Å². The molecule has 0 spiro atoms. The number of nitrogens with zero attached hydrogens (tertiary/aromatic N) is 2. The Hall–Kier alpha value is -2.59. The standard InChI is InChI=1S/C22H20Cl2N3O6PS/c23-16-11-17(24)13-20(12-16)35(32,33)27(14-34(29,30)31)19-6-7-21-15(10-19)8-9-26(21)22(28)25-18-4-2-1-3-5-18/h1-7,10-13H,8-9,14H2,(H,25,28)(H2,29,30,31). The molecule has 3 aromatic carbocycles. The molecule has 2 amide bonds. The van der Waals surface area contributed by atoms with Gasteiger partial charge in [0.25, 0.3) is 10.0 Å². The maximum absolute atomic E-state index is 13.4. The molecule has 0 radical (unpaired) electrons. The Labute approximate surface area is 212 Å². The zero-order valence-electron chi connectivity index (χ0n) is 18.0. The zero-order valence-corrected chi connectivity index (χ0v) is 21.2. The maximum Gasteiger partial charge on any atom is 0.345 e. The molecule has 0 aromatic heterocycles. The third-order valence-corrected chi connectivity index (χ3v) is 8.28. The van der Waals surface area contributed by atoms with Crippen molar-refractivity contribution >= 4 is 63.9 Å². The second-order valence-electron chi connectivity index (χ2n) is 7.78. The number of carbonyl (C=O) groups excluding carboxylic acids is 1. The van der Waals surface area contributed by atoms with Crippen molar-refractivity contribution in [3.05, 3.63) is 82.3 Å². The number of hydrogen-bond donors (Lipinski definition) is 3. The summed E-state index contributed by atoms with van der Waals surface area (Å²) in [7, 11) is -9.25. The number of halogens is 2. The molecule has 1 heterocycles. The van der Waals surface area contributed by atoms with E-state index in [2.05, 4.69) is 5.32 Å². The predicted molar refractivity (Wildman–Crippen MR) is 136 cm³/mol. The van der Waals surface area contributed by atoms with Gasteiger partial charge < -0.3 is 15.1 Å². The Balaban J connectivity index is 1.68. The number of fused-ring (bicyclic) bond motifs is 1. The van der Waals surface area contributed by atoms with Crippen LogP contribution in [0.5, 0.6) is 0 Å². The number of nitrogens with one attached hydrogen (secondary N) is 1. The van der Waals surface area contributed by atoms with E-state index in [9.17, 15) is 27.6 Å². The van der Waals surface area contributed by atoms with Crippen molar-refractivity contribution < 1.29 is 27.6 Å². The van der Waals surface area contributed by atoms with Gasteiger partial charge in [0.05, 0.1) is 10.6 Å². The molecule has 1 aliphatic rings. The molecule has 0 aliphatic carbocycles. The van der Waals surface area contributed by atoms with Gasteiger partial charge in [-0.2, -0.15) is 0 Å². The second-order valence-corrected chi connectivity index (χ2v) is 12.1. The number of hydrogen-bond acceptors (Lipinski definition) is 4. The first kappa shape index (κ1) is 25.5. The lowest BCUT2D eigenvalue weighted by Crippen LogP contribution is -2.33. The van der Waals surface area contributed by atoms with Gasteiger partial charge in [-0.1, -0.05) is 41.4 Å².